The Morgan fingerprint density at radius 2 is 0.909 bits per heavy atom. The van der Waals surface area contributed by atoms with Crippen LogP contribution in [0.5, 0.6) is 0 Å². The summed E-state index contributed by atoms with van der Waals surface area (Å²) in [6.07, 6.45) is 1.75. The molecule has 0 bridgehead atoms. The fourth-order valence-corrected chi connectivity index (χ4v) is 0. The molecule has 0 amide bonds. The molecule has 0 saturated heterocycles. The minimum absolute atomic E-state index is 0. The van der Waals surface area contributed by atoms with Crippen LogP contribution in [0.3, 0.4) is 0 Å². The van der Waals surface area contributed by atoms with Gasteiger partial charge in [0.2, 0.25) is 0 Å². The summed E-state index contributed by atoms with van der Waals surface area (Å²) in [5, 5.41) is 15.8. The van der Waals surface area contributed by atoms with Gasteiger partial charge in [0.15, 0.2) is 0 Å². The van der Waals surface area contributed by atoms with E-state index in [1.165, 1.54) is 0 Å². The Morgan fingerprint density at radius 3 is 0.909 bits per heavy atom. The average Bonchev–Trinajstić information content (AvgIpc) is 1.88. The van der Waals surface area contributed by atoms with Crippen LogP contribution >= 0.6 is 0 Å². The van der Waals surface area contributed by atoms with E-state index in [-0.39, 0.29) is 37.2 Å². The van der Waals surface area contributed by atoms with E-state index in [0.717, 1.165) is 12.8 Å². The largest absolute Gasteiger partial charge is 0.412 e. The second-order valence-electron chi connectivity index (χ2n) is 1.45. The number of aliphatic hydroxyl groups excluding tert-OH is 2. The van der Waals surface area contributed by atoms with Gasteiger partial charge < -0.3 is 21.2 Å². The third-order valence-electron chi connectivity index (χ3n) is 0.447. The molecule has 0 atom stereocenters. The number of hydrogen-bond acceptors (Lipinski definition) is 2. The molecular weight excluding hydrogens is 227 g/mol. The molecule has 0 aromatic carbocycles. The maximum atomic E-state index is 7.88. The summed E-state index contributed by atoms with van der Waals surface area (Å²) in [6, 6.07) is 0. The Bertz CT molecular complexity index is 22.5. The van der Waals surface area contributed by atoms with Crippen molar-refractivity contribution in [2.24, 2.45) is 0 Å². The van der Waals surface area contributed by atoms with Gasteiger partial charge in [-0.25, -0.2) is 0 Å². The van der Waals surface area contributed by atoms with Crippen LogP contribution in [0.25, 0.3) is 0 Å². The van der Waals surface area contributed by atoms with Gasteiger partial charge in [0.1, 0.15) is 0 Å². The topological polar surface area (TPSA) is 103 Å². The smallest absolute Gasteiger partial charge is 0.0428 e. The molecule has 0 unspecified atom stereocenters. The number of rotatable bonds is 2. The minimum Gasteiger partial charge on any atom is -0.412 e. The van der Waals surface area contributed by atoms with Crippen molar-refractivity contribution in [3.05, 3.63) is 0 Å². The molecule has 0 saturated carbocycles. The first kappa shape index (κ1) is 29.8. The van der Waals surface area contributed by atoms with Gasteiger partial charge in [0, 0.05) is 39.4 Å². The van der Waals surface area contributed by atoms with Crippen LogP contribution in [-0.2, 0) is 26.2 Å². The van der Waals surface area contributed by atoms with Crippen molar-refractivity contribution in [1.29, 1.82) is 0 Å². The monoisotopic (exact) mass is 246 g/mol. The van der Waals surface area contributed by atoms with E-state index in [9.17, 15) is 0 Å². The van der Waals surface area contributed by atoms with Gasteiger partial charge in [-0.05, 0) is 12.8 Å². The zero-order valence-electron chi connectivity index (χ0n) is 7.22. The van der Waals surface area contributed by atoms with Crippen LogP contribution in [0.2, 0.25) is 0 Å². The summed E-state index contributed by atoms with van der Waals surface area (Å²) in [7, 11) is 0. The molecule has 5 heteroatoms. The quantitative estimate of drug-likeness (QED) is 0.662. The maximum absolute atomic E-state index is 7.88. The first-order valence-corrected chi connectivity index (χ1v) is 3.05. The molecule has 0 aliphatic heterocycles. The first-order valence-electron chi connectivity index (χ1n) is 3.05. The second kappa shape index (κ2) is 45.4. The Kier molecular flexibility index (Phi) is 123. The average molecular weight is 247 g/mol. The van der Waals surface area contributed by atoms with Gasteiger partial charge in [0.25, 0.3) is 0 Å². The summed E-state index contributed by atoms with van der Waals surface area (Å²) in [5.74, 6) is 0. The first-order chi connectivity index (χ1) is 3.83. The third kappa shape index (κ3) is 110. The molecule has 0 aromatic heterocycles. The van der Waals surface area contributed by atoms with Gasteiger partial charge >= 0.3 is 0 Å². The Labute approximate surface area is 87.4 Å². The standard InChI is InChI=1S/2C3H8O.2H2O.Zr/c2*1-2-3-4;;;/h2*4H,2-3H2,1H3;2*1H2;. The van der Waals surface area contributed by atoms with Crippen molar-refractivity contribution in [2.45, 2.75) is 26.7 Å². The summed E-state index contributed by atoms with van der Waals surface area (Å²) in [5.41, 5.74) is 0. The van der Waals surface area contributed by atoms with E-state index in [4.69, 9.17) is 10.2 Å². The van der Waals surface area contributed by atoms with Gasteiger partial charge in [0.05, 0.1) is 0 Å². The molecule has 11 heavy (non-hydrogen) atoms. The van der Waals surface area contributed by atoms with Crippen molar-refractivity contribution < 1.29 is 47.4 Å². The Balaban J connectivity index is -0.0000000171. The minimum atomic E-state index is 0. The predicted octanol–water partition coefficient (Wildman–Crippen LogP) is -0.874. The van der Waals surface area contributed by atoms with Crippen LogP contribution < -0.4 is 0 Å². The van der Waals surface area contributed by atoms with E-state index < -0.39 is 0 Å². The van der Waals surface area contributed by atoms with Crippen molar-refractivity contribution >= 4 is 0 Å². The zero-order valence-corrected chi connectivity index (χ0v) is 9.68. The summed E-state index contributed by atoms with van der Waals surface area (Å²) in [4.78, 5) is 0. The molecule has 72 valence electrons. The molecule has 0 aliphatic rings. The van der Waals surface area contributed by atoms with E-state index in [2.05, 4.69) is 0 Å². The van der Waals surface area contributed by atoms with Crippen molar-refractivity contribution in [3.8, 4) is 0 Å². The number of aliphatic hydroxyl groups is 2. The van der Waals surface area contributed by atoms with Crippen molar-refractivity contribution in [2.75, 3.05) is 13.2 Å². The molecule has 0 aliphatic carbocycles. The molecule has 0 radical (unpaired) electrons. The van der Waals surface area contributed by atoms with E-state index >= 15 is 0 Å². The van der Waals surface area contributed by atoms with E-state index in [0.29, 0.717) is 13.2 Å². The molecular formula is C6H20O4Zr. The molecule has 0 aromatic rings. The SMILES string of the molecule is CCCO.CCCO.O.O.[Zr]. The molecule has 0 rings (SSSR count). The van der Waals surface area contributed by atoms with Crippen LogP contribution in [0.15, 0.2) is 0 Å². The molecule has 0 fully saturated rings. The van der Waals surface area contributed by atoms with Gasteiger partial charge in [-0.1, -0.05) is 13.8 Å². The third-order valence-corrected chi connectivity index (χ3v) is 0.447. The number of hydrogen-bond donors (Lipinski definition) is 2. The second-order valence-corrected chi connectivity index (χ2v) is 1.45. The normalized spacial score (nSPS) is 5.45. The van der Waals surface area contributed by atoms with Crippen LogP contribution in [0.1, 0.15) is 26.7 Å². The molecule has 6 N–H and O–H groups in total. The van der Waals surface area contributed by atoms with Gasteiger partial charge in [-0.2, -0.15) is 0 Å². The van der Waals surface area contributed by atoms with Crippen molar-refractivity contribution in [3.63, 3.8) is 0 Å². The summed E-state index contributed by atoms with van der Waals surface area (Å²) >= 11 is 0. The summed E-state index contributed by atoms with van der Waals surface area (Å²) in [6.45, 7) is 4.50. The van der Waals surface area contributed by atoms with E-state index in [1.54, 1.807) is 0 Å². The fourth-order valence-electron chi connectivity index (χ4n) is 0. The van der Waals surface area contributed by atoms with Crippen LogP contribution in [-0.4, -0.2) is 34.4 Å². The van der Waals surface area contributed by atoms with Gasteiger partial charge in [-0.15, -0.1) is 0 Å². The van der Waals surface area contributed by atoms with Gasteiger partial charge in [-0.3, -0.25) is 0 Å². The zero-order chi connectivity index (χ0) is 6.83. The van der Waals surface area contributed by atoms with Crippen molar-refractivity contribution in [1.82, 2.24) is 0 Å². The molecule has 4 nitrogen and oxygen atoms in total. The summed E-state index contributed by atoms with van der Waals surface area (Å²) < 4.78 is 0. The van der Waals surface area contributed by atoms with Crippen LogP contribution in [0, 0.1) is 0 Å². The Hall–Kier alpha value is 0.723. The van der Waals surface area contributed by atoms with E-state index in [1.807, 2.05) is 13.8 Å². The fraction of sp³-hybridized carbons (Fsp3) is 1.00. The molecule has 0 heterocycles. The maximum Gasteiger partial charge on any atom is 0.0428 e. The predicted molar refractivity (Wildman–Crippen MR) is 42.0 cm³/mol. The molecule has 0 spiro atoms. The Morgan fingerprint density at radius 1 is 0.818 bits per heavy atom. The van der Waals surface area contributed by atoms with Crippen LogP contribution in [0.4, 0.5) is 0 Å².